The normalized spacial score (nSPS) is 9.71. The summed E-state index contributed by atoms with van der Waals surface area (Å²) in [7, 11) is 0. The standard InChI is InChI=1S/C10H12ClF.C2H6/c1-6(2)9-5-8(11)4-7(3)10(9)12;1-2/h4-6H,1-3H3;1-2H3. The lowest BCUT2D eigenvalue weighted by Crippen LogP contribution is -1.95. The van der Waals surface area contributed by atoms with E-state index in [4.69, 9.17) is 11.6 Å². The second-order valence-corrected chi connectivity index (χ2v) is 3.72. The zero-order valence-electron chi connectivity index (χ0n) is 9.49. The predicted molar refractivity (Wildman–Crippen MR) is 61.6 cm³/mol. The largest absolute Gasteiger partial charge is 0.206 e. The molecule has 1 aromatic carbocycles. The third kappa shape index (κ3) is 3.30. The molecule has 1 aromatic rings. The summed E-state index contributed by atoms with van der Waals surface area (Å²) in [5.74, 6) is 0.0526. The molecule has 0 spiro atoms. The van der Waals surface area contributed by atoms with E-state index in [0.29, 0.717) is 16.1 Å². The van der Waals surface area contributed by atoms with Crippen LogP contribution in [0.1, 0.15) is 44.7 Å². The van der Waals surface area contributed by atoms with Crippen molar-refractivity contribution in [2.45, 2.75) is 40.5 Å². The van der Waals surface area contributed by atoms with Crippen molar-refractivity contribution in [2.75, 3.05) is 0 Å². The minimum absolute atomic E-state index is 0.130. The van der Waals surface area contributed by atoms with Crippen molar-refractivity contribution >= 4 is 11.6 Å². The molecule has 0 aliphatic carbocycles. The van der Waals surface area contributed by atoms with Gasteiger partial charge in [0, 0.05) is 5.02 Å². The van der Waals surface area contributed by atoms with E-state index in [9.17, 15) is 4.39 Å². The molecule has 0 aromatic heterocycles. The van der Waals surface area contributed by atoms with Crippen LogP contribution < -0.4 is 0 Å². The summed E-state index contributed by atoms with van der Waals surface area (Å²) in [6.45, 7) is 9.63. The van der Waals surface area contributed by atoms with Crippen molar-refractivity contribution in [2.24, 2.45) is 0 Å². The molecule has 0 bridgehead atoms. The first-order chi connectivity index (χ1) is 6.52. The lowest BCUT2D eigenvalue weighted by molar-refractivity contribution is 0.590. The van der Waals surface area contributed by atoms with Gasteiger partial charge in [-0.05, 0) is 36.1 Å². The number of hydrogen-bond acceptors (Lipinski definition) is 0. The Morgan fingerprint density at radius 2 is 1.71 bits per heavy atom. The number of benzene rings is 1. The molecule has 1 rings (SSSR count). The van der Waals surface area contributed by atoms with Crippen LogP contribution in [0.15, 0.2) is 12.1 Å². The maximum Gasteiger partial charge on any atom is 0.129 e. The lowest BCUT2D eigenvalue weighted by atomic mass is 10.0. The van der Waals surface area contributed by atoms with Crippen molar-refractivity contribution in [3.8, 4) is 0 Å². The zero-order valence-corrected chi connectivity index (χ0v) is 10.2. The van der Waals surface area contributed by atoms with E-state index in [2.05, 4.69) is 0 Å². The topological polar surface area (TPSA) is 0 Å². The van der Waals surface area contributed by atoms with E-state index in [0.717, 1.165) is 0 Å². The van der Waals surface area contributed by atoms with Gasteiger partial charge in [-0.25, -0.2) is 4.39 Å². The van der Waals surface area contributed by atoms with Gasteiger partial charge in [-0.15, -0.1) is 0 Å². The van der Waals surface area contributed by atoms with Crippen LogP contribution in [0.3, 0.4) is 0 Å². The highest BCUT2D eigenvalue weighted by molar-refractivity contribution is 6.30. The molecule has 0 unspecified atom stereocenters. The molecule has 0 nitrogen and oxygen atoms in total. The summed E-state index contributed by atoms with van der Waals surface area (Å²) < 4.78 is 13.4. The van der Waals surface area contributed by atoms with E-state index in [-0.39, 0.29) is 11.7 Å². The molecule has 14 heavy (non-hydrogen) atoms. The molecule has 80 valence electrons. The summed E-state index contributed by atoms with van der Waals surface area (Å²) in [4.78, 5) is 0. The molecule has 0 radical (unpaired) electrons. The van der Waals surface area contributed by atoms with Gasteiger partial charge >= 0.3 is 0 Å². The fourth-order valence-electron chi connectivity index (χ4n) is 1.17. The summed E-state index contributed by atoms with van der Waals surface area (Å²) in [5, 5.41) is 0.609. The van der Waals surface area contributed by atoms with Gasteiger partial charge in [0.05, 0.1) is 0 Å². The molecule has 0 fully saturated rings. The molecule has 0 N–H and O–H groups in total. The van der Waals surface area contributed by atoms with E-state index in [1.807, 2.05) is 27.7 Å². The van der Waals surface area contributed by atoms with Crippen LogP contribution in [0.25, 0.3) is 0 Å². The molecule has 0 heterocycles. The van der Waals surface area contributed by atoms with Gasteiger partial charge < -0.3 is 0 Å². The third-order valence-electron chi connectivity index (χ3n) is 1.87. The summed E-state index contributed by atoms with van der Waals surface area (Å²) in [5.41, 5.74) is 1.31. The Kier molecular flexibility index (Phi) is 5.78. The first kappa shape index (κ1) is 13.4. The molecule has 0 amide bonds. The minimum atomic E-state index is -0.130. The molecule has 0 saturated heterocycles. The Hall–Kier alpha value is -0.560. The predicted octanol–water partition coefficient (Wildman–Crippen LogP) is 4.94. The van der Waals surface area contributed by atoms with Crippen LogP contribution in [0.4, 0.5) is 4.39 Å². The summed E-state index contributed by atoms with van der Waals surface area (Å²) >= 11 is 5.80. The molecular formula is C12H18ClF. The number of hydrogen-bond donors (Lipinski definition) is 0. The fourth-order valence-corrected chi connectivity index (χ4v) is 1.45. The molecule has 2 heteroatoms. The van der Waals surface area contributed by atoms with E-state index < -0.39 is 0 Å². The van der Waals surface area contributed by atoms with Gasteiger partial charge in [-0.3, -0.25) is 0 Å². The first-order valence-corrected chi connectivity index (χ1v) is 5.35. The molecule has 0 atom stereocenters. The maximum atomic E-state index is 13.4. The monoisotopic (exact) mass is 216 g/mol. The average Bonchev–Trinajstić information content (AvgIpc) is 2.14. The van der Waals surface area contributed by atoms with Crippen molar-refractivity contribution in [1.82, 2.24) is 0 Å². The SMILES string of the molecule is CC.Cc1cc(Cl)cc(C(C)C)c1F. The Morgan fingerprint density at radius 1 is 1.21 bits per heavy atom. The van der Waals surface area contributed by atoms with Crippen LogP contribution in [-0.2, 0) is 0 Å². The van der Waals surface area contributed by atoms with Crippen LogP contribution in [0.5, 0.6) is 0 Å². The Morgan fingerprint density at radius 3 is 2.14 bits per heavy atom. The second-order valence-electron chi connectivity index (χ2n) is 3.28. The maximum absolute atomic E-state index is 13.4. The zero-order chi connectivity index (χ0) is 11.3. The Labute approximate surface area is 91.1 Å². The molecule has 0 aliphatic heterocycles. The van der Waals surface area contributed by atoms with Gasteiger partial charge in [0.15, 0.2) is 0 Å². The lowest BCUT2D eigenvalue weighted by Gasteiger charge is -2.09. The minimum Gasteiger partial charge on any atom is -0.206 e. The Balaban J connectivity index is 0.000000791. The van der Waals surface area contributed by atoms with Crippen molar-refractivity contribution in [1.29, 1.82) is 0 Å². The first-order valence-electron chi connectivity index (χ1n) is 4.98. The van der Waals surface area contributed by atoms with E-state index in [1.54, 1.807) is 19.1 Å². The van der Waals surface area contributed by atoms with Crippen LogP contribution in [-0.4, -0.2) is 0 Å². The van der Waals surface area contributed by atoms with Crippen LogP contribution >= 0.6 is 11.6 Å². The molecule has 0 saturated carbocycles. The number of aryl methyl sites for hydroxylation is 1. The van der Waals surface area contributed by atoms with Crippen molar-refractivity contribution in [3.63, 3.8) is 0 Å². The Bertz CT molecular complexity index is 293. The van der Waals surface area contributed by atoms with Gasteiger partial charge in [-0.2, -0.15) is 0 Å². The molecular weight excluding hydrogens is 199 g/mol. The van der Waals surface area contributed by atoms with Crippen molar-refractivity contribution < 1.29 is 4.39 Å². The van der Waals surface area contributed by atoms with E-state index >= 15 is 0 Å². The highest BCUT2D eigenvalue weighted by Crippen LogP contribution is 2.24. The van der Waals surface area contributed by atoms with Gasteiger partial charge in [0.1, 0.15) is 5.82 Å². The fraction of sp³-hybridized carbons (Fsp3) is 0.500. The van der Waals surface area contributed by atoms with Gasteiger partial charge in [-0.1, -0.05) is 39.3 Å². The highest BCUT2D eigenvalue weighted by atomic mass is 35.5. The average molecular weight is 217 g/mol. The quantitative estimate of drug-likeness (QED) is 0.624. The highest BCUT2D eigenvalue weighted by Gasteiger charge is 2.09. The summed E-state index contributed by atoms with van der Waals surface area (Å²) in [6.07, 6.45) is 0. The smallest absolute Gasteiger partial charge is 0.129 e. The van der Waals surface area contributed by atoms with Crippen LogP contribution in [0, 0.1) is 12.7 Å². The number of halogens is 2. The number of rotatable bonds is 1. The molecule has 0 aliphatic rings. The second kappa shape index (κ2) is 6.02. The summed E-state index contributed by atoms with van der Waals surface area (Å²) in [6, 6.07) is 3.33. The van der Waals surface area contributed by atoms with E-state index in [1.165, 1.54) is 0 Å². The van der Waals surface area contributed by atoms with Gasteiger partial charge in [0.2, 0.25) is 0 Å². The third-order valence-corrected chi connectivity index (χ3v) is 2.09. The van der Waals surface area contributed by atoms with Crippen molar-refractivity contribution in [3.05, 3.63) is 34.1 Å². The van der Waals surface area contributed by atoms with Gasteiger partial charge in [0.25, 0.3) is 0 Å². The van der Waals surface area contributed by atoms with Crippen LogP contribution in [0.2, 0.25) is 5.02 Å².